The lowest BCUT2D eigenvalue weighted by molar-refractivity contribution is -0.156. The molecule has 17 heavy (non-hydrogen) atoms. The van der Waals surface area contributed by atoms with Crippen LogP contribution in [0.2, 0.25) is 0 Å². The van der Waals surface area contributed by atoms with Gasteiger partial charge in [-0.1, -0.05) is 15.9 Å². The highest BCUT2D eigenvalue weighted by Crippen LogP contribution is 2.35. The molecule has 0 fully saturated rings. The number of carbonyl (C=O) groups excluding carboxylic acids is 2. The Balaban J connectivity index is 4.62. The van der Waals surface area contributed by atoms with Gasteiger partial charge in [0.15, 0.2) is 0 Å². The van der Waals surface area contributed by atoms with Crippen LogP contribution in [0.5, 0.6) is 0 Å². The van der Waals surface area contributed by atoms with Crippen molar-refractivity contribution in [2.24, 2.45) is 5.41 Å². The van der Waals surface area contributed by atoms with Crippen molar-refractivity contribution in [1.82, 2.24) is 0 Å². The second-order valence-electron chi connectivity index (χ2n) is 4.61. The van der Waals surface area contributed by atoms with E-state index >= 15 is 0 Å². The summed E-state index contributed by atoms with van der Waals surface area (Å²) in [5, 5.41) is 8.58. The van der Waals surface area contributed by atoms with E-state index in [9.17, 15) is 9.59 Å². The normalized spacial score (nSPS) is 14.9. The van der Waals surface area contributed by atoms with Gasteiger partial charge in [-0.3, -0.25) is 9.59 Å². The third kappa shape index (κ3) is 5.04. The molecule has 1 atom stereocenters. The average Bonchev–Trinajstić information content (AvgIpc) is 2.22. The maximum Gasteiger partial charge on any atom is 0.322 e. The number of methoxy groups -OCH3 is 1. The zero-order chi connectivity index (χ0) is 13.7. The molecule has 6 heteroatoms. The lowest BCUT2D eigenvalue weighted by Crippen LogP contribution is -2.39. The molecule has 1 N–H and O–H groups in total. The summed E-state index contributed by atoms with van der Waals surface area (Å²) in [6.45, 7) is 4.73. The number of aliphatic hydroxyl groups is 1. The van der Waals surface area contributed by atoms with E-state index in [0.29, 0.717) is 0 Å². The molecule has 0 spiro atoms. The Morgan fingerprint density at radius 3 is 2.18 bits per heavy atom. The number of alkyl halides is 1. The van der Waals surface area contributed by atoms with Crippen LogP contribution in [0.4, 0.5) is 0 Å². The highest BCUT2D eigenvalue weighted by Gasteiger charge is 2.42. The van der Waals surface area contributed by atoms with Crippen LogP contribution < -0.4 is 0 Å². The molecule has 0 saturated carbocycles. The summed E-state index contributed by atoms with van der Waals surface area (Å²) >= 11 is 3.25. The van der Waals surface area contributed by atoms with Crippen LogP contribution in [0.1, 0.15) is 27.2 Å². The number of aliphatic hydroxyl groups excluding tert-OH is 1. The number of halogens is 1. The Morgan fingerprint density at radius 2 is 1.76 bits per heavy atom. The Labute approximate surface area is 110 Å². The highest BCUT2D eigenvalue weighted by atomic mass is 79.9. The van der Waals surface area contributed by atoms with Crippen LogP contribution in [0, 0.1) is 5.41 Å². The summed E-state index contributed by atoms with van der Waals surface area (Å²) in [7, 11) is 1.29. The van der Waals surface area contributed by atoms with Crippen molar-refractivity contribution in [3.8, 4) is 0 Å². The van der Waals surface area contributed by atoms with Crippen LogP contribution in [0.3, 0.4) is 0 Å². The Morgan fingerprint density at radius 1 is 1.24 bits per heavy atom. The van der Waals surface area contributed by atoms with E-state index in [1.165, 1.54) is 7.11 Å². The standard InChI is InChI=1S/C11H19BrO5/c1-10(2,8(14)17-6-5-13)7-11(3,12)9(15)16-4/h13H,5-7H2,1-4H3. The van der Waals surface area contributed by atoms with Gasteiger partial charge >= 0.3 is 11.9 Å². The van der Waals surface area contributed by atoms with Gasteiger partial charge in [0.25, 0.3) is 0 Å². The molecule has 0 aromatic heterocycles. The molecule has 0 rings (SSSR count). The van der Waals surface area contributed by atoms with Gasteiger partial charge in [-0.05, 0) is 27.2 Å². The summed E-state index contributed by atoms with van der Waals surface area (Å²) in [6, 6.07) is 0. The first-order valence-corrected chi connectivity index (χ1v) is 6.02. The molecule has 0 aliphatic carbocycles. The first-order chi connectivity index (χ1) is 7.67. The van der Waals surface area contributed by atoms with Crippen molar-refractivity contribution in [3.63, 3.8) is 0 Å². The molecule has 0 bridgehead atoms. The highest BCUT2D eigenvalue weighted by molar-refractivity contribution is 9.10. The number of carbonyl (C=O) groups is 2. The van der Waals surface area contributed by atoms with Gasteiger partial charge in [-0.15, -0.1) is 0 Å². The van der Waals surface area contributed by atoms with Crippen LogP contribution in [0.15, 0.2) is 0 Å². The number of hydrogen-bond donors (Lipinski definition) is 1. The summed E-state index contributed by atoms with van der Waals surface area (Å²) in [5.41, 5.74) is -0.846. The van der Waals surface area contributed by atoms with Gasteiger partial charge in [0, 0.05) is 0 Å². The van der Waals surface area contributed by atoms with Gasteiger partial charge in [0.05, 0.1) is 19.1 Å². The number of rotatable bonds is 6. The van der Waals surface area contributed by atoms with Crippen LogP contribution in [0.25, 0.3) is 0 Å². The second-order valence-corrected chi connectivity index (χ2v) is 6.36. The van der Waals surface area contributed by atoms with Crippen molar-refractivity contribution in [1.29, 1.82) is 0 Å². The molecular weight excluding hydrogens is 292 g/mol. The monoisotopic (exact) mass is 310 g/mol. The minimum absolute atomic E-state index is 0.0422. The number of esters is 2. The van der Waals surface area contributed by atoms with Crippen LogP contribution in [-0.4, -0.2) is 41.7 Å². The SMILES string of the molecule is COC(=O)C(C)(Br)CC(C)(C)C(=O)OCCO. The first kappa shape index (κ1) is 16.4. The maximum absolute atomic E-state index is 11.7. The van der Waals surface area contributed by atoms with Crippen molar-refractivity contribution in [3.05, 3.63) is 0 Å². The van der Waals surface area contributed by atoms with E-state index in [1.807, 2.05) is 0 Å². The number of ether oxygens (including phenoxy) is 2. The van der Waals surface area contributed by atoms with Crippen molar-refractivity contribution in [2.75, 3.05) is 20.3 Å². The van der Waals surface area contributed by atoms with Crippen LogP contribution in [-0.2, 0) is 19.1 Å². The minimum atomic E-state index is -0.941. The fraction of sp³-hybridized carbons (Fsp3) is 0.818. The lowest BCUT2D eigenvalue weighted by atomic mass is 9.83. The fourth-order valence-corrected chi connectivity index (χ4v) is 2.38. The molecular formula is C11H19BrO5. The number of hydrogen-bond acceptors (Lipinski definition) is 5. The second kappa shape index (κ2) is 6.35. The van der Waals surface area contributed by atoms with Crippen molar-refractivity contribution < 1.29 is 24.2 Å². The molecule has 5 nitrogen and oxygen atoms in total. The van der Waals surface area contributed by atoms with Crippen molar-refractivity contribution in [2.45, 2.75) is 31.5 Å². The summed E-state index contributed by atoms with van der Waals surface area (Å²) in [6.07, 6.45) is 0.233. The van der Waals surface area contributed by atoms with Gasteiger partial charge in [0.2, 0.25) is 0 Å². The topological polar surface area (TPSA) is 72.8 Å². The van der Waals surface area contributed by atoms with Gasteiger partial charge in [0.1, 0.15) is 10.9 Å². The predicted molar refractivity (Wildman–Crippen MR) is 65.8 cm³/mol. The lowest BCUT2D eigenvalue weighted by Gasteiger charge is -2.29. The predicted octanol–water partition coefficient (Wildman–Crippen LogP) is 1.26. The van der Waals surface area contributed by atoms with E-state index in [2.05, 4.69) is 20.7 Å². The molecule has 0 aromatic carbocycles. The molecule has 0 saturated heterocycles. The van der Waals surface area contributed by atoms with E-state index in [-0.39, 0.29) is 19.6 Å². The molecule has 0 aliphatic rings. The molecule has 0 aliphatic heterocycles. The average molecular weight is 311 g/mol. The summed E-state index contributed by atoms with van der Waals surface area (Å²) in [4.78, 5) is 23.2. The largest absolute Gasteiger partial charge is 0.468 e. The maximum atomic E-state index is 11.7. The van der Waals surface area contributed by atoms with Gasteiger partial charge in [-0.2, -0.15) is 0 Å². The molecule has 0 radical (unpaired) electrons. The summed E-state index contributed by atoms with van der Waals surface area (Å²) < 4.78 is 8.56. The quantitative estimate of drug-likeness (QED) is 0.591. The third-order valence-corrected chi connectivity index (χ3v) is 2.87. The van der Waals surface area contributed by atoms with Gasteiger partial charge < -0.3 is 14.6 Å². The van der Waals surface area contributed by atoms with E-state index in [0.717, 1.165) is 0 Å². The molecule has 0 heterocycles. The smallest absolute Gasteiger partial charge is 0.322 e. The summed E-state index contributed by atoms with van der Waals surface area (Å²) in [5.74, 6) is -0.901. The molecule has 1 unspecified atom stereocenters. The van der Waals surface area contributed by atoms with Crippen LogP contribution >= 0.6 is 15.9 Å². The zero-order valence-corrected chi connectivity index (χ0v) is 12.2. The fourth-order valence-electron chi connectivity index (χ4n) is 1.52. The molecule has 0 amide bonds. The molecule has 100 valence electrons. The first-order valence-electron chi connectivity index (χ1n) is 5.23. The third-order valence-electron chi connectivity index (χ3n) is 2.26. The molecule has 0 aromatic rings. The Bertz CT molecular complexity index is 286. The Kier molecular flexibility index (Phi) is 6.12. The zero-order valence-electron chi connectivity index (χ0n) is 10.6. The Hall–Kier alpha value is -0.620. The van der Waals surface area contributed by atoms with E-state index in [4.69, 9.17) is 9.84 Å². The van der Waals surface area contributed by atoms with Gasteiger partial charge in [-0.25, -0.2) is 0 Å². The van der Waals surface area contributed by atoms with E-state index < -0.39 is 21.7 Å². The van der Waals surface area contributed by atoms with Crippen molar-refractivity contribution >= 4 is 27.9 Å². The van der Waals surface area contributed by atoms with E-state index in [1.54, 1.807) is 20.8 Å². The minimum Gasteiger partial charge on any atom is -0.468 e.